The number of carbonyl (C=O) groups excluding carboxylic acids is 1. The van der Waals surface area contributed by atoms with Gasteiger partial charge >= 0.3 is 0 Å². The summed E-state index contributed by atoms with van der Waals surface area (Å²) in [5, 5.41) is 0. The Kier molecular flexibility index (Phi) is 5.78. The zero-order valence-corrected chi connectivity index (χ0v) is 16.0. The normalized spacial score (nSPS) is 15.0. The summed E-state index contributed by atoms with van der Waals surface area (Å²) in [6.45, 7) is 4.55. The number of nitrogens with zero attached hydrogens (tertiary/aromatic N) is 2. The van der Waals surface area contributed by atoms with Crippen LogP contribution in [0.25, 0.3) is 0 Å². The van der Waals surface area contributed by atoms with Gasteiger partial charge in [-0.3, -0.25) is 9.78 Å². The van der Waals surface area contributed by atoms with Crippen LogP contribution >= 0.6 is 0 Å². The maximum atomic E-state index is 13.5. The van der Waals surface area contributed by atoms with Gasteiger partial charge in [0.2, 0.25) is 5.91 Å². The number of aromatic nitrogens is 1. The molecule has 4 heteroatoms. The summed E-state index contributed by atoms with van der Waals surface area (Å²) >= 11 is 0. The van der Waals surface area contributed by atoms with Gasteiger partial charge in [0, 0.05) is 18.0 Å². The van der Waals surface area contributed by atoms with Crippen molar-refractivity contribution in [1.82, 2.24) is 9.88 Å². The fourth-order valence-corrected chi connectivity index (χ4v) is 3.96. The molecule has 1 amide bonds. The number of nitrogens with one attached hydrogen (secondary N) is 1. The van der Waals surface area contributed by atoms with Gasteiger partial charge in [0.05, 0.1) is 32.1 Å². The average molecular weight is 372 g/mol. The molecule has 0 unspecified atom stereocenters. The Labute approximate surface area is 166 Å². The predicted molar refractivity (Wildman–Crippen MR) is 110 cm³/mol. The highest BCUT2D eigenvalue weighted by atomic mass is 16.2. The maximum Gasteiger partial charge on any atom is 0.234 e. The topological polar surface area (TPSA) is 37.6 Å². The molecule has 0 bridgehead atoms. The van der Waals surface area contributed by atoms with E-state index in [0.717, 1.165) is 43.9 Å². The van der Waals surface area contributed by atoms with Crippen molar-refractivity contribution in [3.8, 4) is 0 Å². The quantitative estimate of drug-likeness (QED) is 0.745. The summed E-state index contributed by atoms with van der Waals surface area (Å²) in [6.07, 6.45) is 3.69. The van der Waals surface area contributed by atoms with Crippen LogP contribution in [-0.2, 0) is 11.3 Å². The summed E-state index contributed by atoms with van der Waals surface area (Å²) < 4.78 is 0. The van der Waals surface area contributed by atoms with Crippen LogP contribution < -0.4 is 4.90 Å². The largest absolute Gasteiger partial charge is 0.331 e. The zero-order valence-electron chi connectivity index (χ0n) is 16.0. The Morgan fingerprint density at radius 1 is 0.857 bits per heavy atom. The molecule has 1 saturated heterocycles. The van der Waals surface area contributed by atoms with Crippen LogP contribution in [0.3, 0.4) is 0 Å². The van der Waals surface area contributed by atoms with Crippen LogP contribution in [0.2, 0.25) is 0 Å². The Balaban J connectivity index is 1.46. The Bertz CT molecular complexity index is 836. The molecule has 28 heavy (non-hydrogen) atoms. The second-order valence-corrected chi connectivity index (χ2v) is 7.36. The van der Waals surface area contributed by atoms with Crippen LogP contribution in [0, 0.1) is 0 Å². The number of amides is 1. The molecule has 1 aliphatic rings. The van der Waals surface area contributed by atoms with Crippen molar-refractivity contribution in [2.45, 2.75) is 12.5 Å². The Morgan fingerprint density at radius 2 is 1.39 bits per heavy atom. The van der Waals surface area contributed by atoms with E-state index in [0.29, 0.717) is 0 Å². The second kappa shape index (κ2) is 8.81. The number of pyridine rings is 1. The molecule has 1 aromatic heterocycles. The first-order valence-electron chi connectivity index (χ1n) is 9.92. The minimum atomic E-state index is -0.232. The molecule has 0 spiro atoms. The minimum Gasteiger partial charge on any atom is -0.331 e. The van der Waals surface area contributed by atoms with Gasteiger partial charge in [-0.05, 0) is 23.3 Å². The lowest BCUT2D eigenvalue weighted by Gasteiger charge is -2.34. The standard InChI is InChI=1S/C24H25N3O/c28-24(23(21-7-3-1-4-8-21)22-9-5-2-6-10-22)27-17-15-26(16-18-27)19-20-11-13-25-14-12-20/h1-14,23H,15-19H2/p+1. The first-order chi connectivity index (χ1) is 13.8. The third-order valence-corrected chi connectivity index (χ3v) is 5.50. The minimum absolute atomic E-state index is 0.209. The molecular formula is C24H26N3O+. The van der Waals surface area contributed by atoms with Crippen LogP contribution in [0.5, 0.6) is 0 Å². The van der Waals surface area contributed by atoms with Gasteiger partial charge in [-0.1, -0.05) is 60.7 Å². The summed E-state index contributed by atoms with van der Waals surface area (Å²) in [7, 11) is 0. The van der Waals surface area contributed by atoms with Crippen molar-refractivity contribution in [3.05, 3.63) is 102 Å². The fourth-order valence-electron chi connectivity index (χ4n) is 3.96. The van der Waals surface area contributed by atoms with E-state index < -0.39 is 0 Å². The SMILES string of the molecule is O=C(C(c1ccccc1)c1ccccc1)N1CC[NH+](Cc2ccncc2)CC1. The molecule has 0 atom stereocenters. The molecule has 4 rings (SSSR count). The van der Waals surface area contributed by atoms with Gasteiger partial charge in [-0.25, -0.2) is 0 Å². The molecule has 1 fully saturated rings. The Morgan fingerprint density at radius 3 is 1.93 bits per heavy atom. The molecule has 0 radical (unpaired) electrons. The number of quaternary nitrogens is 1. The monoisotopic (exact) mass is 372 g/mol. The second-order valence-electron chi connectivity index (χ2n) is 7.36. The number of carbonyl (C=O) groups is 1. The highest BCUT2D eigenvalue weighted by Gasteiger charge is 2.31. The van der Waals surface area contributed by atoms with Crippen molar-refractivity contribution in [2.24, 2.45) is 0 Å². The summed E-state index contributed by atoms with van der Waals surface area (Å²) in [5.41, 5.74) is 3.42. The molecule has 4 nitrogen and oxygen atoms in total. The maximum absolute atomic E-state index is 13.5. The predicted octanol–water partition coefficient (Wildman–Crippen LogP) is 2.14. The number of hydrogen-bond acceptors (Lipinski definition) is 2. The van der Waals surface area contributed by atoms with Crippen molar-refractivity contribution < 1.29 is 9.69 Å². The van der Waals surface area contributed by atoms with Crippen molar-refractivity contribution in [3.63, 3.8) is 0 Å². The Hall–Kier alpha value is -2.98. The van der Waals surface area contributed by atoms with E-state index in [-0.39, 0.29) is 11.8 Å². The molecule has 0 aliphatic carbocycles. The number of piperazine rings is 1. The molecular weight excluding hydrogens is 346 g/mol. The van der Waals surface area contributed by atoms with Crippen molar-refractivity contribution in [1.29, 1.82) is 0 Å². The van der Waals surface area contributed by atoms with E-state index >= 15 is 0 Å². The zero-order chi connectivity index (χ0) is 19.2. The molecule has 3 aromatic rings. The van der Waals surface area contributed by atoms with Crippen LogP contribution in [0.15, 0.2) is 85.2 Å². The van der Waals surface area contributed by atoms with Gasteiger partial charge in [0.1, 0.15) is 6.54 Å². The van der Waals surface area contributed by atoms with Crippen LogP contribution in [0.1, 0.15) is 22.6 Å². The average Bonchev–Trinajstić information content (AvgIpc) is 2.77. The van der Waals surface area contributed by atoms with E-state index in [1.807, 2.05) is 53.7 Å². The third-order valence-electron chi connectivity index (χ3n) is 5.50. The van der Waals surface area contributed by atoms with E-state index in [2.05, 4.69) is 41.4 Å². The summed E-state index contributed by atoms with van der Waals surface area (Å²) in [6, 6.07) is 24.4. The number of hydrogen-bond donors (Lipinski definition) is 1. The van der Waals surface area contributed by atoms with E-state index in [1.54, 1.807) is 0 Å². The fraction of sp³-hybridized carbons (Fsp3) is 0.250. The van der Waals surface area contributed by atoms with E-state index in [1.165, 1.54) is 10.5 Å². The first-order valence-corrected chi connectivity index (χ1v) is 9.92. The molecule has 1 aliphatic heterocycles. The van der Waals surface area contributed by atoms with Gasteiger partial charge in [-0.15, -0.1) is 0 Å². The van der Waals surface area contributed by atoms with Gasteiger partial charge in [0.25, 0.3) is 0 Å². The van der Waals surface area contributed by atoms with Gasteiger partial charge < -0.3 is 9.80 Å². The molecule has 2 aromatic carbocycles. The lowest BCUT2D eigenvalue weighted by molar-refractivity contribution is -0.917. The van der Waals surface area contributed by atoms with Crippen molar-refractivity contribution >= 4 is 5.91 Å². The smallest absolute Gasteiger partial charge is 0.234 e. The van der Waals surface area contributed by atoms with Crippen LogP contribution in [-0.4, -0.2) is 42.0 Å². The molecule has 2 heterocycles. The highest BCUT2D eigenvalue weighted by molar-refractivity contribution is 5.87. The lowest BCUT2D eigenvalue weighted by Crippen LogP contribution is -3.13. The van der Waals surface area contributed by atoms with Crippen molar-refractivity contribution in [2.75, 3.05) is 26.2 Å². The number of rotatable bonds is 5. The van der Waals surface area contributed by atoms with E-state index in [9.17, 15) is 4.79 Å². The van der Waals surface area contributed by atoms with Crippen LogP contribution in [0.4, 0.5) is 0 Å². The first kappa shape index (κ1) is 18.4. The molecule has 0 saturated carbocycles. The number of benzene rings is 2. The van der Waals surface area contributed by atoms with Gasteiger partial charge in [0.15, 0.2) is 0 Å². The highest BCUT2D eigenvalue weighted by Crippen LogP contribution is 2.26. The summed E-state index contributed by atoms with van der Waals surface area (Å²) in [5.74, 6) is -0.0236. The molecule has 142 valence electrons. The molecule has 1 N–H and O–H groups in total. The van der Waals surface area contributed by atoms with E-state index in [4.69, 9.17) is 0 Å². The summed E-state index contributed by atoms with van der Waals surface area (Å²) in [4.78, 5) is 21.1. The lowest BCUT2D eigenvalue weighted by atomic mass is 9.90. The third kappa shape index (κ3) is 4.29. The van der Waals surface area contributed by atoms with Gasteiger partial charge in [-0.2, -0.15) is 0 Å².